The van der Waals surface area contributed by atoms with Crippen LogP contribution in [0.15, 0.2) is 18.3 Å². The van der Waals surface area contributed by atoms with E-state index >= 15 is 0 Å². The van der Waals surface area contributed by atoms with Gasteiger partial charge in [0, 0.05) is 51.9 Å². The summed E-state index contributed by atoms with van der Waals surface area (Å²) in [6.07, 6.45) is 5.41. The molecule has 0 aromatic carbocycles. The summed E-state index contributed by atoms with van der Waals surface area (Å²) in [7, 11) is 0. The number of carbonyl (C=O) groups is 2. The highest BCUT2D eigenvalue weighted by molar-refractivity contribution is 5.99. The van der Waals surface area contributed by atoms with Crippen LogP contribution in [-0.4, -0.2) is 67.1 Å². The Labute approximate surface area is 167 Å². The number of piperazine rings is 1. The van der Waals surface area contributed by atoms with Crippen LogP contribution in [0.3, 0.4) is 0 Å². The number of amides is 2. The zero-order chi connectivity index (χ0) is 19.9. The first-order valence-corrected chi connectivity index (χ1v) is 10.4. The fourth-order valence-electron chi connectivity index (χ4n) is 3.67. The van der Waals surface area contributed by atoms with Gasteiger partial charge in [-0.1, -0.05) is 13.8 Å². The van der Waals surface area contributed by atoms with E-state index < -0.39 is 0 Å². The topological polar surface area (TPSA) is 74.8 Å². The molecule has 0 bridgehead atoms. The molecule has 154 valence electrons. The lowest BCUT2D eigenvalue weighted by atomic mass is 10.1. The molecule has 1 aromatic rings. The van der Waals surface area contributed by atoms with Crippen LogP contribution >= 0.6 is 0 Å². The molecule has 3 heterocycles. The van der Waals surface area contributed by atoms with E-state index in [-0.39, 0.29) is 17.9 Å². The minimum atomic E-state index is -0.117. The van der Waals surface area contributed by atoms with Gasteiger partial charge in [-0.25, -0.2) is 4.98 Å². The number of nitrogens with one attached hydrogen (secondary N) is 1. The molecule has 7 nitrogen and oxygen atoms in total. The number of rotatable bonds is 7. The Kier molecular flexibility index (Phi) is 7.25. The third kappa shape index (κ3) is 5.44. The first-order valence-electron chi connectivity index (χ1n) is 10.4. The molecule has 28 heavy (non-hydrogen) atoms. The van der Waals surface area contributed by atoms with E-state index in [2.05, 4.69) is 29.0 Å². The summed E-state index contributed by atoms with van der Waals surface area (Å²) in [6.45, 7) is 8.31. The third-order valence-electron chi connectivity index (χ3n) is 5.41. The Morgan fingerprint density at radius 3 is 2.75 bits per heavy atom. The molecular formula is C21H32N4O3. The molecule has 1 atom stereocenters. The number of nitrogens with zero attached hydrogens (tertiary/aromatic N) is 3. The predicted octanol–water partition coefficient (Wildman–Crippen LogP) is 2.08. The van der Waals surface area contributed by atoms with E-state index in [1.165, 1.54) is 0 Å². The van der Waals surface area contributed by atoms with Crippen molar-refractivity contribution in [1.82, 2.24) is 15.2 Å². The highest BCUT2D eigenvalue weighted by Gasteiger charge is 2.25. The lowest BCUT2D eigenvalue weighted by Crippen LogP contribution is -2.49. The Hall–Kier alpha value is -2.15. The molecule has 2 fully saturated rings. The van der Waals surface area contributed by atoms with Gasteiger partial charge in [0.05, 0.1) is 11.7 Å². The van der Waals surface area contributed by atoms with Crippen molar-refractivity contribution in [2.45, 2.75) is 45.6 Å². The lowest BCUT2D eigenvalue weighted by Gasteiger charge is -2.36. The van der Waals surface area contributed by atoms with Crippen LogP contribution in [0.5, 0.6) is 0 Å². The molecule has 2 aliphatic heterocycles. The SMILES string of the molecule is CC(C)CCC(=O)N1CCN(c2ncccc2C(=O)NCC2CCCO2)CC1. The summed E-state index contributed by atoms with van der Waals surface area (Å²) in [5.74, 6) is 1.34. The van der Waals surface area contributed by atoms with Gasteiger partial charge in [-0.05, 0) is 37.3 Å². The predicted molar refractivity (Wildman–Crippen MR) is 108 cm³/mol. The van der Waals surface area contributed by atoms with Crippen molar-refractivity contribution >= 4 is 17.6 Å². The molecule has 2 amide bonds. The van der Waals surface area contributed by atoms with Crippen molar-refractivity contribution in [2.75, 3.05) is 44.2 Å². The number of carbonyl (C=O) groups excluding carboxylic acids is 2. The zero-order valence-corrected chi connectivity index (χ0v) is 17.0. The quantitative estimate of drug-likeness (QED) is 0.774. The van der Waals surface area contributed by atoms with E-state index in [1.54, 1.807) is 12.3 Å². The number of pyridine rings is 1. The minimum Gasteiger partial charge on any atom is -0.376 e. The fourth-order valence-corrected chi connectivity index (χ4v) is 3.67. The number of ether oxygens (including phenoxy) is 1. The van der Waals surface area contributed by atoms with Gasteiger partial charge in [-0.2, -0.15) is 0 Å². The second-order valence-corrected chi connectivity index (χ2v) is 8.02. The van der Waals surface area contributed by atoms with Crippen molar-refractivity contribution in [3.8, 4) is 0 Å². The summed E-state index contributed by atoms with van der Waals surface area (Å²) in [4.78, 5) is 33.5. The van der Waals surface area contributed by atoms with E-state index in [1.807, 2.05) is 11.0 Å². The molecule has 1 unspecified atom stereocenters. The smallest absolute Gasteiger partial charge is 0.255 e. The van der Waals surface area contributed by atoms with E-state index in [0.717, 1.165) is 25.9 Å². The summed E-state index contributed by atoms with van der Waals surface area (Å²) in [6, 6.07) is 3.60. The highest BCUT2D eigenvalue weighted by atomic mass is 16.5. The second kappa shape index (κ2) is 9.87. The Morgan fingerprint density at radius 1 is 1.29 bits per heavy atom. The van der Waals surface area contributed by atoms with Gasteiger partial charge in [0.15, 0.2) is 0 Å². The van der Waals surface area contributed by atoms with E-state index in [9.17, 15) is 9.59 Å². The van der Waals surface area contributed by atoms with Gasteiger partial charge in [0.1, 0.15) is 5.82 Å². The molecule has 3 rings (SSSR count). The molecule has 0 saturated carbocycles. The largest absolute Gasteiger partial charge is 0.376 e. The number of hydrogen-bond acceptors (Lipinski definition) is 5. The monoisotopic (exact) mass is 388 g/mol. The van der Waals surface area contributed by atoms with Crippen molar-refractivity contribution < 1.29 is 14.3 Å². The van der Waals surface area contributed by atoms with Gasteiger partial charge < -0.3 is 19.9 Å². The van der Waals surface area contributed by atoms with Crippen LogP contribution < -0.4 is 10.2 Å². The summed E-state index contributed by atoms with van der Waals surface area (Å²) in [5, 5.41) is 2.98. The molecule has 7 heteroatoms. The molecule has 0 spiro atoms. The fraction of sp³-hybridized carbons (Fsp3) is 0.667. The number of anilines is 1. The third-order valence-corrected chi connectivity index (χ3v) is 5.41. The van der Waals surface area contributed by atoms with Crippen molar-refractivity contribution in [1.29, 1.82) is 0 Å². The average Bonchev–Trinajstić information content (AvgIpc) is 3.24. The van der Waals surface area contributed by atoms with Crippen LogP contribution in [0.1, 0.15) is 49.9 Å². The van der Waals surface area contributed by atoms with Gasteiger partial charge in [0.25, 0.3) is 5.91 Å². The summed E-state index contributed by atoms with van der Waals surface area (Å²) in [5.41, 5.74) is 0.583. The molecular weight excluding hydrogens is 356 g/mol. The maximum absolute atomic E-state index is 12.7. The molecule has 1 N–H and O–H groups in total. The van der Waals surface area contributed by atoms with Gasteiger partial charge in [0.2, 0.25) is 5.91 Å². The van der Waals surface area contributed by atoms with Crippen molar-refractivity contribution in [3.63, 3.8) is 0 Å². The molecule has 2 aliphatic rings. The van der Waals surface area contributed by atoms with Gasteiger partial charge in [-0.3, -0.25) is 9.59 Å². The van der Waals surface area contributed by atoms with Gasteiger partial charge >= 0.3 is 0 Å². The average molecular weight is 389 g/mol. The summed E-state index contributed by atoms with van der Waals surface area (Å²) < 4.78 is 5.58. The molecule has 0 radical (unpaired) electrons. The van der Waals surface area contributed by atoms with Crippen LogP contribution in [0.25, 0.3) is 0 Å². The molecule has 0 aliphatic carbocycles. The number of hydrogen-bond donors (Lipinski definition) is 1. The Bertz CT molecular complexity index is 665. The maximum atomic E-state index is 12.7. The van der Waals surface area contributed by atoms with Gasteiger partial charge in [-0.15, -0.1) is 0 Å². The Morgan fingerprint density at radius 2 is 2.07 bits per heavy atom. The summed E-state index contributed by atoms with van der Waals surface area (Å²) >= 11 is 0. The standard InChI is InChI=1S/C21H32N4O3/c1-16(2)7-8-19(26)24-10-12-25(13-11-24)20-18(6-3-9-22-20)21(27)23-15-17-5-4-14-28-17/h3,6,9,16-17H,4-5,7-8,10-15H2,1-2H3,(H,23,27). The zero-order valence-electron chi connectivity index (χ0n) is 17.0. The highest BCUT2D eigenvalue weighted by Crippen LogP contribution is 2.20. The van der Waals surface area contributed by atoms with E-state index in [0.29, 0.717) is 56.4 Å². The number of aromatic nitrogens is 1. The lowest BCUT2D eigenvalue weighted by molar-refractivity contribution is -0.131. The van der Waals surface area contributed by atoms with Crippen LogP contribution in [0.2, 0.25) is 0 Å². The van der Waals surface area contributed by atoms with Crippen LogP contribution in [-0.2, 0) is 9.53 Å². The first-order chi connectivity index (χ1) is 13.5. The second-order valence-electron chi connectivity index (χ2n) is 8.02. The molecule has 2 saturated heterocycles. The molecule has 1 aromatic heterocycles. The first kappa shape index (κ1) is 20.6. The van der Waals surface area contributed by atoms with Crippen LogP contribution in [0.4, 0.5) is 5.82 Å². The van der Waals surface area contributed by atoms with Crippen molar-refractivity contribution in [2.24, 2.45) is 5.92 Å². The maximum Gasteiger partial charge on any atom is 0.255 e. The normalized spacial score (nSPS) is 19.9. The van der Waals surface area contributed by atoms with Crippen LogP contribution in [0, 0.1) is 5.92 Å². The Balaban J connectivity index is 1.56. The van der Waals surface area contributed by atoms with E-state index in [4.69, 9.17) is 4.74 Å². The minimum absolute atomic E-state index is 0.115. The van der Waals surface area contributed by atoms with Crippen molar-refractivity contribution in [3.05, 3.63) is 23.9 Å².